The lowest BCUT2D eigenvalue weighted by Crippen LogP contribution is -2.37. The second-order valence-electron chi connectivity index (χ2n) is 17.2. The molecule has 0 saturated carbocycles. The average molecular weight is 1090 g/mol. The monoisotopic (exact) mass is 1090 g/mol. The molecule has 2 aliphatic heterocycles. The van der Waals surface area contributed by atoms with Gasteiger partial charge in [0, 0.05) is 12.3 Å². The first-order valence-corrected chi connectivity index (χ1v) is 29.5. The van der Waals surface area contributed by atoms with Crippen LogP contribution in [0.15, 0.2) is 34.5 Å². The van der Waals surface area contributed by atoms with Gasteiger partial charge in [-0.05, 0) is 6.42 Å². The van der Waals surface area contributed by atoms with Gasteiger partial charge < -0.3 is 54.2 Å². The Balaban J connectivity index is 0.999. The number of H-pyrrole nitrogens is 1. The predicted octanol–water partition coefficient (Wildman–Crippen LogP) is 4.52. The van der Waals surface area contributed by atoms with Gasteiger partial charge in [0.1, 0.15) is 43.0 Å². The molecule has 0 bridgehead atoms. The largest absolute Gasteiger partial charge is 0.490 e. The van der Waals surface area contributed by atoms with Crippen LogP contribution >= 0.6 is 31.3 Å². The molecule has 0 spiro atoms. The maximum absolute atomic E-state index is 12.6. The van der Waals surface area contributed by atoms with Crippen molar-refractivity contribution in [2.75, 3.05) is 19.8 Å². The highest BCUT2D eigenvalue weighted by molar-refractivity contribution is 7.69. The lowest BCUT2D eigenvalue weighted by molar-refractivity contribution is -0.0542. The van der Waals surface area contributed by atoms with E-state index in [-0.39, 0.29) is 17.0 Å². The molecule has 3 aromatic rings. The van der Waals surface area contributed by atoms with Gasteiger partial charge in [0.2, 0.25) is 5.88 Å². The van der Waals surface area contributed by atoms with Crippen LogP contribution in [0.1, 0.15) is 135 Å². The van der Waals surface area contributed by atoms with Crippen molar-refractivity contribution < 1.29 is 94.4 Å². The van der Waals surface area contributed by atoms with Crippen LogP contribution in [0.5, 0.6) is 5.88 Å². The van der Waals surface area contributed by atoms with Crippen molar-refractivity contribution in [3.05, 3.63) is 45.8 Å². The fraction of sp³-hybridized carbons (Fsp3) is 0.769. The minimum atomic E-state index is -6.24. The summed E-state index contributed by atoms with van der Waals surface area (Å²) in [5.41, 5.74) is -1.53. The fourth-order valence-corrected chi connectivity index (χ4v) is 12.9. The van der Waals surface area contributed by atoms with Gasteiger partial charge in [-0.3, -0.25) is 28.0 Å². The van der Waals surface area contributed by atoms with Crippen LogP contribution in [0.25, 0.3) is 11.2 Å². The number of aromatic amines is 1. The Kier molecular flexibility index (Phi) is 23.2. The van der Waals surface area contributed by atoms with Crippen LogP contribution in [-0.4, -0.2) is 126 Å². The summed E-state index contributed by atoms with van der Waals surface area (Å²) in [4.78, 5) is 77.9. The Labute approximate surface area is 408 Å². The number of rotatable bonds is 34. The Morgan fingerprint density at radius 3 is 1.49 bits per heavy atom. The van der Waals surface area contributed by atoms with Crippen LogP contribution in [-0.2, 0) is 49.7 Å². The van der Waals surface area contributed by atoms with Crippen molar-refractivity contribution in [3.8, 4) is 5.88 Å². The van der Waals surface area contributed by atoms with Crippen LogP contribution in [0, 0.1) is 0 Å². The van der Waals surface area contributed by atoms with E-state index in [1.807, 2.05) is 4.98 Å². The number of aliphatic hydroxyl groups is 4. The maximum atomic E-state index is 12.6. The number of nitrogens with one attached hydrogen (secondary N) is 1. The molecular formula is C39H66N6O22P4. The fourth-order valence-electron chi connectivity index (χ4n) is 7.92. The van der Waals surface area contributed by atoms with E-state index < -0.39 is 105 Å². The Morgan fingerprint density at radius 1 is 0.592 bits per heavy atom. The molecule has 71 heavy (non-hydrogen) atoms. The normalized spacial score (nSPS) is 26.0. The molecule has 4 unspecified atom stereocenters. The van der Waals surface area contributed by atoms with Crippen LogP contribution in [0.2, 0.25) is 0 Å². The maximum Gasteiger partial charge on any atom is 0.490 e. The summed E-state index contributed by atoms with van der Waals surface area (Å²) in [5.74, 6) is 0.160. The highest BCUT2D eigenvalue weighted by Crippen LogP contribution is 2.71. The molecule has 2 aliphatic rings. The molecule has 32 heteroatoms. The van der Waals surface area contributed by atoms with Crippen molar-refractivity contribution in [1.82, 2.24) is 29.1 Å². The molecule has 5 rings (SSSR count). The Morgan fingerprint density at radius 2 is 1.03 bits per heavy atom. The van der Waals surface area contributed by atoms with Crippen LogP contribution in [0.4, 0.5) is 0 Å². The van der Waals surface area contributed by atoms with Crippen molar-refractivity contribution >= 4 is 42.5 Å². The lowest BCUT2D eigenvalue weighted by Gasteiger charge is -2.21. The van der Waals surface area contributed by atoms with Crippen molar-refractivity contribution in [2.24, 2.45) is 0 Å². The summed E-state index contributed by atoms with van der Waals surface area (Å²) < 4.78 is 89.5. The zero-order valence-corrected chi connectivity index (χ0v) is 42.7. The van der Waals surface area contributed by atoms with E-state index in [4.69, 9.17) is 14.2 Å². The van der Waals surface area contributed by atoms with E-state index >= 15 is 0 Å². The zero-order chi connectivity index (χ0) is 51.8. The van der Waals surface area contributed by atoms with Gasteiger partial charge >= 0.3 is 37.0 Å². The number of ether oxygens (including phenoxy) is 3. The molecule has 2 fully saturated rings. The summed E-state index contributed by atoms with van der Waals surface area (Å²) in [5, 5.41) is 42.1. The summed E-state index contributed by atoms with van der Waals surface area (Å²) in [6.07, 6.45) is 12.0. The smallest absolute Gasteiger partial charge is 0.476 e. The van der Waals surface area contributed by atoms with Crippen molar-refractivity contribution in [1.29, 1.82) is 0 Å². The molecule has 12 atom stereocenters. The molecule has 2 saturated heterocycles. The van der Waals surface area contributed by atoms with E-state index in [1.165, 1.54) is 107 Å². The minimum absolute atomic E-state index is 0.131. The first kappa shape index (κ1) is 59.2. The number of aliphatic hydroxyl groups excluding tert-OH is 4. The van der Waals surface area contributed by atoms with E-state index in [0.717, 1.165) is 37.9 Å². The van der Waals surface area contributed by atoms with E-state index in [9.17, 15) is 67.8 Å². The SMILES string of the molecule is CCCCCCCCCCCCCCCCCCCCOc1ncnc2c1ncn2[C@@H]1O[C@H](COP(=O)(O)OP(=O)(O)OP(=O)(O)OP(=O)(O)OC[C@H]2O[C@@H](n3ccc(=O)[nH]c3=O)[C@H](O)[C@@H]2O)[C@@H](O)[C@H]1O. The van der Waals surface area contributed by atoms with Crippen molar-refractivity contribution in [2.45, 2.75) is 172 Å². The zero-order valence-electron chi connectivity index (χ0n) is 39.1. The third kappa shape index (κ3) is 18.6. The number of phosphoric acid groups is 4. The average Bonchev–Trinajstić information content (AvgIpc) is 3.93. The molecule has 0 aromatic carbocycles. The van der Waals surface area contributed by atoms with Gasteiger partial charge in [-0.2, -0.15) is 17.9 Å². The second-order valence-corrected chi connectivity index (χ2v) is 23.4. The number of unbranched alkanes of at least 4 members (excludes halogenated alkanes) is 17. The minimum Gasteiger partial charge on any atom is -0.476 e. The molecular weight excluding hydrogens is 1030 g/mol. The van der Waals surface area contributed by atoms with Gasteiger partial charge in [-0.1, -0.05) is 116 Å². The number of nitrogens with zero attached hydrogens (tertiary/aromatic N) is 5. The molecule has 0 aliphatic carbocycles. The summed E-state index contributed by atoms with van der Waals surface area (Å²) in [6, 6.07) is 0.885. The third-order valence-electron chi connectivity index (χ3n) is 11.6. The quantitative estimate of drug-likeness (QED) is 0.0293. The molecule has 0 radical (unpaired) electrons. The molecule has 0 amide bonds. The molecule has 3 aromatic heterocycles. The Bertz CT molecular complexity index is 2450. The Hall–Kier alpha value is -2.65. The molecule has 404 valence electrons. The summed E-state index contributed by atoms with van der Waals surface area (Å²) >= 11 is 0. The van der Waals surface area contributed by atoms with E-state index in [0.29, 0.717) is 11.2 Å². The molecule has 9 N–H and O–H groups in total. The highest BCUT2D eigenvalue weighted by Gasteiger charge is 2.50. The number of phosphoric ester groups is 2. The number of hydrogen-bond donors (Lipinski definition) is 9. The predicted molar refractivity (Wildman–Crippen MR) is 247 cm³/mol. The topological polar surface area (TPSA) is 402 Å². The summed E-state index contributed by atoms with van der Waals surface area (Å²) in [7, 11) is -24.1. The van der Waals surface area contributed by atoms with Crippen molar-refractivity contribution in [3.63, 3.8) is 0 Å². The first-order chi connectivity index (χ1) is 33.6. The summed E-state index contributed by atoms with van der Waals surface area (Å²) in [6.45, 7) is 0.286. The lowest BCUT2D eigenvalue weighted by atomic mass is 10.0. The van der Waals surface area contributed by atoms with Crippen LogP contribution in [0.3, 0.4) is 0 Å². The number of imidazole rings is 1. The van der Waals surface area contributed by atoms with E-state index in [2.05, 4.69) is 43.9 Å². The standard InChI is InChI=1S/C39H66N6O22P4/c1-2-3-4-5-6-7-8-9-10-11-12-13-14-15-16-17-18-19-22-60-36-30-35(40-25-41-36)45(26-42-30)38-34(50)32(48)28(64-38)24-62-69(54,55)66-71(58,59)67-70(56,57)65-68(52,53)61-23-27-31(47)33(49)37(63-27)44-21-20-29(46)43-39(44)51/h20-21,25-28,31-34,37-38,47-50H,2-19,22-24H2,1H3,(H,52,53)(H,54,55)(H,56,57)(H,58,59)(H,43,46,51)/t27-,28-,31-,32-,33-,34-,37-,38-/m1/s1. The van der Waals surface area contributed by atoms with Gasteiger partial charge in [-0.25, -0.2) is 33.0 Å². The third-order valence-corrected chi connectivity index (χ3v) is 17.5. The second kappa shape index (κ2) is 27.8. The first-order valence-electron chi connectivity index (χ1n) is 23.5. The van der Waals surface area contributed by atoms with Gasteiger partial charge in [-0.15, -0.1) is 0 Å². The van der Waals surface area contributed by atoms with Gasteiger partial charge in [0.15, 0.2) is 23.6 Å². The van der Waals surface area contributed by atoms with Crippen LogP contribution < -0.4 is 16.0 Å². The number of fused-ring (bicyclic) bond motifs is 1. The van der Waals surface area contributed by atoms with Gasteiger partial charge in [0.05, 0.1) is 26.1 Å². The molecule has 5 heterocycles. The van der Waals surface area contributed by atoms with Gasteiger partial charge in [0.25, 0.3) is 5.56 Å². The number of hydrogen-bond acceptors (Lipinski definition) is 21. The highest BCUT2D eigenvalue weighted by atomic mass is 31.3. The number of aromatic nitrogens is 6. The molecule has 28 nitrogen and oxygen atoms in total. The van der Waals surface area contributed by atoms with E-state index in [1.54, 1.807) is 0 Å².